The molecule has 0 unspecified atom stereocenters. The number of amides is 1. The lowest BCUT2D eigenvalue weighted by atomic mass is 9.87. The van der Waals surface area contributed by atoms with Crippen molar-refractivity contribution >= 4 is 29.2 Å². The molecule has 5 heteroatoms. The summed E-state index contributed by atoms with van der Waals surface area (Å²) in [4.78, 5) is 24.2. The minimum absolute atomic E-state index is 0.304. The maximum atomic E-state index is 12.5. The first kappa shape index (κ1) is 19.0. The second kappa shape index (κ2) is 8.17. The van der Waals surface area contributed by atoms with Crippen LogP contribution in [0.2, 0.25) is 5.02 Å². The van der Waals surface area contributed by atoms with E-state index in [1.807, 2.05) is 38.1 Å². The highest BCUT2D eigenvalue weighted by Gasteiger charge is 2.30. The molecule has 4 nitrogen and oxygen atoms in total. The molecule has 0 heterocycles. The van der Waals surface area contributed by atoms with E-state index in [-0.39, 0.29) is 5.91 Å². The molecule has 2 rings (SSSR count). The van der Waals surface area contributed by atoms with Crippen LogP contribution >= 0.6 is 11.6 Å². The lowest BCUT2D eigenvalue weighted by Gasteiger charge is -2.20. The van der Waals surface area contributed by atoms with Gasteiger partial charge in [0.25, 0.3) is 0 Å². The van der Waals surface area contributed by atoms with Gasteiger partial charge in [0, 0.05) is 16.6 Å². The number of carbonyl (C=O) groups excluding carboxylic acids is 1. The first-order valence-electron chi connectivity index (χ1n) is 8.14. The van der Waals surface area contributed by atoms with Gasteiger partial charge in [0.15, 0.2) is 0 Å². The van der Waals surface area contributed by atoms with Gasteiger partial charge >= 0.3 is 5.97 Å². The van der Waals surface area contributed by atoms with Crippen LogP contribution in [0.4, 0.5) is 5.69 Å². The van der Waals surface area contributed by atoms with E-state index in [4.69, 9.17) is 11.6 Å². The number of hydrogen-bond donors (Lipinski definition) is 2. The second-order valence-electron chi connectivity index (χ2n) is 6.32. The first-order valence-corrected chi connectivity index (χ1v) is 8.51. The molecule has 0 saturated carbocycles. The van der Waals surface area contributed by atoms with Crippen molar-refractivity contribution in [3.05, 3.63) is 64.2 Å². The van der Waals surface area contributed by atoms with Crippen molar-refractivity contribution in [1.29, 1.82) is 0 Å². The number of aryl methyl sites for hydroxylation is 1. The second-order valence-corrected chi connectivity index (χ2v) is 6.73. The number of anilines is 1. The van der Waals surface area contributed by atoms with Crippen molar-refractivity contribution in [2.45, 2.75) is 27.2 Å². The van der Waals surface area contributed by atoms with E-state index in [0.29, 0.717) is 17.1 Å². The van der Waals surface area contributed by atoms with Crippen LogP contribution < -0.4 is 5.32 Å². The van der Waals surface area contributed by atoms with Gasteiger partial charge in [-0.2, -0.15) is 0 Å². The van der Waals surface area contributed by atoms with Crippen LogP contribution in [0, 0.1) is 25.7 Å². The maximum absolute atomic E-state index is 12.5. The zero-order valence-electron chi connectivity index (χ0n) is 14.5. The SMILES string of the molecule is Cc1ccc(C[C@H](C(=O)O)[C@@H](C)C(=O)Nc2cccc(Cl)c2C)cc1. The number of benzene rings is 2. The summed E-state index contributed by atoms with van der Waals surface area (Å²) >= 11 is 6.06. The fraction of sp³-hybridized carbons (Fsp3) is 0.300. The summed E-state index contributed by atoms with van der Waals surface area (Å²) in [5.41, 5.74) is 3.37. The number of aliphatic carboxylic acids is 1. The fourth-order valence-corrected chi connectivity index (χ4v) is 2.80. The van der Waals surface area contributed by atoms with Crippen LogP contribution in [0.5, 0.6) is 0 Å². The summed E-state index contributed by atoms with van der Waals surface area (Å²) in [5.74, 6) is -2.80. The van der Waals surface area contributed by atoms with Crippen LogP contribution in [0.15, 0.2) is 42.5 Å². The van der Waals surface area contributed by atoms with Gasteiger partial charge in [0.05, 0.1) is 5.92 Å². The zero-order valence-corrected chi connectivity index (χ0v) is 15.3. The average molecular weight is 360 g/mol. The maximum Gasteiger partial charge on any atom is 0.307 e. The lowest BCUT2D eigenvalue weighted by Crippen LogP contribution is -2.33. The van der Waals surface area contributed by atoms with E-state index in [1.54, 1.807) is 25.1 Å². The molecule has 0 aliphatic carbocycles. The number of carbonyl (C=O) groups is 2. The first-order chi connectivity index (χ1) is 11.8. The van der Waals surface area contributed by atoms with E-state index in [9.17, 15) is 14.7 Å². The number of halogens is 1. The van der Waals surface area contributed by atoms with Crippen LogP contribution in [0.1, 0.15) is 23.6 Å². The molecule has 0 spiro atoms. The van der Waals surface area contributed by atoms with E-state index in [1.165, 1.54) is 0 Å². The van der Waals surface area contributed by atoms with Gasteiger partial charge < -0.3 is 10.4 Å². The molecule has 1 amide bonds. The van der Waals surface area contributed by atoms with Crippen molar-refractivity contribution in [1.82, 2.24) is 0 Å². The van der Waals surface area contributed by atoms with E-state index >= 15 is 0 Å². The quantitative estimate of drug-likeness (QED) is 0.799. The molecule has 0 saturated heterocycles. The Morgan fingerprint density at radius 3 is 2.36 bits per heavy atom. The molecule has 25 heavy (non-hydrogen) atoms. The molecular formula is C20H22ClNO3. The average Bonchev–Trinajstić information content (AvgIpc) is 2.57. The summed E-state index contributed by atoms with van der Waals surface area (Å²) in [5, 5.41) is 12.9. The number of nitrogens with one attached hydrogen (secondary N) is 1. The standard InChI is InChI=1S/C20H22ClNO3/c1-12-7-9-15(10-8-12)11-16(20(24)25)13(2)19(23)22-18-6-4-5-17(21)14(18)3/h4-10,13,16H,11H2,1-3H3,(H,22,23)(H,24,25)/t13-,16+/m1/s1. The summed E-state index contributed by atoms with van der Waals surface area (Å²) in [7, 11) is 0. The third-order valence-electron chi connectivity index (χ3n) is 4.44. The molecule has 2 aromatic carbocycles. The van der Waals surface area contributed by atoms with Gasteiger partial charge in [-0.3, -0.25) is 9.59 Å². The van der Waals surface area contributed by atoms with Crippen LogP contribution in [0.25, 0.3) is 0 Å². The molecule has 2 N–H and O–H groups in total. The van der Waals surface area contributed by atoms with Crippen molar-refractivity contribution < 1.29 is 14.7 Å². The van der Waals surface area contributed by atoms with Gasteiger partial charge in [-0.05, 0) is 43.5 Å². The highest BCUT2D eigenvalue weighted by molar-refractivity contribution is 6.31. The van der Waals surface area contributed by atoms with Gasteiger partial charge in [-0.25, -0.2) is 0 Å². The minimum Gasteiger partial charge on any atom is -0.481 e. The Morgan fingerprint density at radius 1 is 1.12 bits per heavy atom. The van der Waals surface area contributed by atoms with E-state index < -0.39 is 17.8 Å². The molecule has 0 radical (unpaired) electrons. The highest BCUT2D eigenvalue weighted by Crippen LogP contribution is 2.25. The van der Waals surface area contributed by atoms with Gasteiger partial charge in [0.2, 0.25) is 5.91 Å². The Bertz CT molecular complexity index is 771. The van der Waals surface area contributed by atoms with E-state index in [0.717, 1.165) is 16.7 Å². The van der Waals surface area contributed by atoms with Crippen molar-refractivity contribution in [2.75, 3.05) is 5.32 Å². The lowest BCUT2D eigenvalue weighted by molar-refractivity contribution is -0.145. The molecule has 0 aliphatic rings. The fourth-order valence-electron chi connectivity index (χ4n) is 2.63. The van der Waals surface area contributed by atoms with Crippen molar-refractivity contribution in [3.63, 3.8) is 0 Å². The zero-order chi connectivity index (χ0) is 18.6. The number of hydrogen-bond acceptors (Lipinski definition) is 2. The molecular weight excluding hydrogens is 338 g/mol. The van der Waals surface area contributed by atoms with Crippen molar-refractivity contribution in [2.24, 2.45) is 11.8 Å². The van der Waals surface area contributed by atoms with Crippen LogP contribution in [0.3, 0.4) is 0 Å². The number of carboxylic acids is 1. The van der Waals surface area contributed by atoms with Crippen LogP contribution in [-0.2, 0) is 16.0 Å². The highest BCUT2D eigenvalue weighted by atomic mass is 35.5. The summed E-state index contributed by atoms with van der Waals surface area (Å²) in [6.07, 6.45) is 0.304. The van der Waals surface area contributed by atoms with E-state index in [2.05, 4.69) is 5.32 Å². The van der Waals surface area contributed by atoms with Crippen LogP contribution in [-0.4, -0.2) is 17.0 Å². The Balaban J connectivity index is 2.14. The molecule has 0 aliphatic heterocycles. The van der Waals surface area contributed by atoms with Gasteiger partial charge in [-0.1, -0.05) is 54.4 Å². The summed E-state index contributed by atoms with van der Waals surface area (Å²) in [6.45, 7) is 5.42. The Kier molecular flexibility index (Phi) is 6.21. The normalized spacial score (nSPS) is 13.1. The monoisotopic (exact) mass is 359 g/mol. The summed E-state index contributed by atoms with van der Waals surface area (Å²) in [6, 6.07) is 12.9. The largest absolute Gasteiger partial charge is 0.481 e. The third-order valence-corrected chi connectivity index (χ3v) is 4.85. The topological polar surface area (TPSA) is 66.4 Å². The molecule has 132 valence electrons. The molecule has 0 aromatic heterocycles. The number of carboxylic acid groups (broad SMARTS) is 1. The van der Waals surface area contributed by atoms with Crippen molar-refractivity contribution in [3.8, 4) is 0 Å². The van der Waals surface area contributed by atoms with Gasteiger partial charge in [0.1, 0.15) is 0 Å². The predicted octanol–water partition coefficient (Wildman–Crippen LogP) is 4.47. The molecule has 0 fully saturated rings. The molecule has 2 aromatic rings. The summed E-state index contributed by atoms with van der Waals surface area (Å²) < 4.78 is 0. The Hall–Kier alpha value is -2.33. The van der Waals surface area contributed by atoms with Gasteiger partial charge in [-0.15, -0.1) is 0 Å². The third kappa shape index (κ3) is 4.83. The molecule has 2 atom stereocenters. The Morgan fingerprint density at radius 2 is 1.76 bits per heavy atom. The Labute approximate surface area is 152 Å². The predicted molar refractivity (Wildman–Crippen MR) is 100.0 cm³/mol. The number of rotatable bonds is 6. The minimum atomic E-state index is -0.981. The smallest absolute Gasteiger partial charge is 0.307 e. The molecule has 0 bridgehead atoms.